The first-order chi connectivity index (χ1) is 19.2. The van der Waals surface area contributed by atoms with Crippen LogP contribution in [0.1, 0.15) is 12.5 Å². The Morgan fingerprint density at radius 1 is 0.950 bits per heavy atom. The number of amides is 3. The van der Waals surface area contributed by atoms with Crippen LogP contribution >= 0.6 is 11.6 Å². The van der Waals surface area contributed by atoms with Crippen LogP contribution < -0.4 is 4.90 Å². The van der Waals surface area contributed by atoms with Gasteiger partial charge in [0.2, 0.25) is 11.8 Å². The molecule has 4 heterocycles. The molecule has 3 amide bonds. The van der Waals surface area contributed by atoms with Gasteiger partial charge >= 0.3 is 0 Å². The molecule has 4 aliphatic heterocycles. The lowest BCUT2D eigenvalue weighted by Crippen LogP contribution is -2.59. The molecule has 208 valence electrons. The lowest BCUT2D eigenvalue weighted by atomic mass is 9.74. The van der Waals surface area contributed by atoms with Gasteiger partial charge in [-0.1, -0.05) is 78.4 Å². The van der Waals surface area contributed by atoms with E-state index in [2.05, 4.69) is 0 Å². The molecule has 40 heavy (non-hydrogen) atoms. The topological polar surface area (TPSA) is 90.4 Å². The fourth-order valence-electron chi connectivity index (χ4n) is 7.00. The van der Waals surface area contributed by atoms with Gasteiger partial charge in [0.25, 0.3) is 5.91 Å². The summed E-state index contributed by atoms with van der Waals surface area (Å²) in [5, 5.41) is 11.0. The Kier molecular flexibility index (Phi) is 6.60. The highest BCUT2D eigenvalue weighted by Crippen LogP contribution is 2.58. The quantitative estimate of drug-likeness (QED) is 0.567. The zero-order valence-corrected chi connectivity index (χ0v) is 23.2. The fraction of sp³-hybridized carbons (Fsp3) is 0.387. The van der Waals surface area contributed by atoms with Crippen molar-refractivity contribution in [3.8, 4) is 0 Å². The fourth-order valence-corrected chi connectivity index (χ4v) is 7.24. The van der Waals surface area contributed by atoms with Crippen molar-refractivity contribution < 1.29 is 24.2 Å². The molecule has 6 rings (SSSR count). The van der Waals surface area contributed by atoms with Gasteiger partial charge in [0, 0.05) is 20.1 Å². The molecule has 6 atom stereocenters. The maximum atomic E-state index is 14.6. The number of anilines is 1. The summed E-state index contributed by atoms with van der Waals surface area (Å²) >= 11 is 6.54. The van der Waals surface area contributed by atoms with Gasteiger partial charge in [0.1, 0.15) is 11.6 Å². The number of para-hydroxylation sites is 1. The second kappa shape index (κ2) is 9.87. The minimum atomic E-state index is -1.41. The lowest BCUT2D eigenvalue weighted by molar-refractivity contribution is -0.150. The molecular weight excluding hydrogens is 530 g/mol. The van der Waals surface area contributed by atoms with Crippen molar-refractivity contribution in [2.45, 2.75) is 36.6 Å². The first-order valence-electron chi connectivity index (χ1n) is 13.6. The van der Waals surface area contributed by atoms with E-state index in [4.69, 9.17) is 16.3 Å². The third-order valence-electron chi connectivity index (χ3n) is 8.76. The van der Waals surface area contributed by atoms with E-state index in [0.29, 0.717) is 23.7 Å². The van der Waals surface area contributed by atoms with Crippen molar-refractivity contribution in [1.29, 1.82) is 0 Å². The highest BCUT2D eigenvalue weighted by Gasteiger charge is 2.75. The van der Waals surface area contributed by atoms with Gasteiger partial charge in [-0.15, -0.1) is 0 Å². The summed E-state index contributed by atoms with van der Waals surface area (Å²) in [6.45, 7) is 2.07. The zero-order valence-electron chi connectivity index (χ0n) is 22.4. The van der Waals surface area contributed by atoms with Crippen molar-refractivity contribution in [1.82, 2.24) is 9.80 Å². The molecule has 2 saturated heterocycles. The molecule has 2 aromatic rings. The van der Waals surface area contributed by atoms with E-state index in [0.717, 1.165) is 5.56 Å². The Morgan fingerprint density at radius 2 is 1.65 bits per heavy atom. The van der Waals surface area contributed by atoms with E-state index in [1.54, 1.807) is 47.2 Å². The SMILES string of the molecule is CN1CC=C[C@@]2(C)O[C@]34C=CCN(c5ccccc5Cl)C(=O)C3N([C@@H](CO)Cc3ccccc3)C(=O)[C@@H]4[C@H]2C1=O. The number of carbonyl (C=O) groups is 3. The Bertz CT molecular complexity index is 1410. The summed E-state index contributed by atoms with van der Waals surface area (Å²) in [6.07, 6.45) is 7.68. The Labute approximate surface area is 238 Å². The molecule has 1 spiro atoms. The Balaban J connectivity index is 1.52. The molecule has 8 nitrogen and oxygen atoms in total. The van der Waals surface area contributed by atoms with E-state index in [9.17, 15) is 19.5 Å². The van der Waals surface area contributed by atoms with Crippen LogP contribution in [0.4, 0.5) is 5.69 Å². The van der Waals surface area contributed by atoms with Crippen LogP contribution in [0.5, 0.6) is 0 Å². The summed E-state index contributed by atoms with van der Waals surface area (Å²) < 4.78 is 6.83. The summed E-state index contributed by atoms with van der Waals surface area (Å²) in [7, 11) is 1.71. The maximum absolute atomic E-state index is 14.6. The zero-order chi connectivity index (χ0) is 28.2. The predicted octanol–water partition coefficient (Wildman–Crippen LogP) is 2.85. The van der Waals surface area contributed by atoms with Gasteiger partial charge in [-0.2, -0.15) is 0 Å². The molecule has 1 unspecified atom stereocenters. The number of aliphatic hydroxyl groups excluding tert-OH is 1. The van der Waals surface area contributed by atoms with Crippen molar-refractivity contribution in [3.63, 3.8) is 0 Å². The molecular formula is C31H32ClN3O5. The van der Waals surface area contributed by atoms with Crippen molar-refractivity contribution >= 4 is 35.0 Å². The normalized spacial score (nSPS) is 32.0. The second-order valence-corrected chi connectivity index (χ2v) is 11.6. The number of fused-ring (bicyclic) bond motifs is 2. The second-order valence-electron chi connectivity index (χ2n) is 11.2. The van der Waals surface area contributed by atoms with Gasteiger partial charge in [0.05, 0.1) is 40.8 Å². The van der Waals surface area contributed by atoms with Crippen molar-refractivity contribution in [3.05, 3.63) is 89.5 Å². The van der Waals surface area contributed by atoms with Crippen molar-refractivity contribution in [2.75, 3.05) is 31.6 Å². The van der Waals surface area contributed by atoms with Crippen LogP contribution in [0.25, 0.3) is 0 Å². The predicted molar refractivity (Wildman–Crippen MR) is 151 cm³/mol. The number of likely N-dealkylation sites (N-methyl/N-ethyl adjacent to an activating group) is 1. The Hall–Kier alpha value is -3.46. The molecule has 9 heteroatoms. The molecule has 0 aromatic heterocycles. The molecule has 4 aliphatic rings. The van der Waals surface area contributed by atoms with Crippen LogP contribution in [-0.4, -0.2) is 82.7 Å². The summed E-state index contributed by atoms with van der Waals surface area (Å²) in [5.41, 5.74) is -1.07. The highest BCUT2D eigenvalue weighted by atomic mass is 35.5. The number of nitrogens with zero attached hydrogens (tertiary/aromatic N) is 3. The van der Waals surface area contributed by atoms with Gasteiger partial charge in [0.15, 0.2) is 0 Å². The summed E-state index contributed by atoms with van der Waals surface area (Å²) in [6, 6.07) is 14.8. The average molecular weight is 562 g/mol. The molecule has 0 saturated carbocycles. The van der Waals surface area contributed by atoms with Gasteiger partial charge < -0.3 is 24.5 Å². The average Bonchev–Trinajstić information content (AvgIpc) is 3.23. The van der Waals surface area contributed by atoms with Gasteiger partial charge in [-0.05, 0) is 31.0 Å². The molecule has 2 fully saturated rings. The number of aliphatic hydroxyl groups is 1. The van der Waals surface area contributed by atoms with E-state index in [1.807, 2.05) is 55.5 Å². The number of halogens is 1. The largest absolute Gasteiger partial charge is 0.394 e. The molecule has 1 N–H and O–H groups in total. The number of benzene rings is 2. The van der Waals surface area contributed by atoms with E-state index < -0.39 is 35.1 Å². The number of ether oxygens (including phenoxy) is 1. The number of hydrogen-bond donors (Lipinski definition) is 1. The summed E-state index contributed by atoms with van der Waals surface area (Å²) in [5.74, 6) is -2.73. The molecule has 0 bridgehead atoms. The molecule has 0 radical (unpaired) electrons. The van der Waals surface area contributed by atoms with E-state index >= 15 is 0 Å². The molecule has 0 aliphatic carbocycles. The lowest BCUT2D eigenvalue weighted by Gasteiger charge is -2.40. The van der Waals surface area contributed by atoms with Crippen LogP contribution in [0.15, 0.2) is 78.9 Å². The maximum Gasteiger partial charge on any atom is 0.253 e. The third kappa shape index (κ3) is 3.92. The van der Waals surface area contributed by atoms with Gasteiger partial charge in [-0.3, -0.25) is 14.4 Å². The minimum absolute atomic E-state index is 0.208. The van der Waals surface area contributed by atoms with E-state index in [-0.39, 0.29) is 30.9 Å². The van der Waals surface area contributed by atoms with Crippen LogP contribution in [0.3, 0.4) is 0 Å². The number of likely N-dealkylation sites (tertiary alicyclic amines) is 1. The third-order valence-corrected chi connectivity index (χ3v) is 9.08. The van der Waals surface area contributed by atoms with E-state index in [1.165, 1.54) is 4.90 Å². The number of carbonyl (C=O) groups excluding carboxylic acids is 3. The number of hydrogen-bond acceptors (Lipinski definition) is 5. The van der Waals surface area contributed by atoms with Crippen molar-refractivity contribution in [2.24, 2.45) is 11.8 Å². The van der Waals surface area contributed by atoms with Crippen LogP contribution in [0.2, 0.25) is 5.02 Å². The first-order valence-corrected chi connectivity index (χ1v) is 13.9. The molecule has 2 aromatic carbocycles. The smallest absolute Gasteiger partial charge is 0.253 e. The summed E-state index contributed by atoms with van der Waals surface area (Å²) in [4.78, 5) is 47.6. The van der Waals surface area contributed by atoms with Crippen LogP contribution in [-0.2, 0) is 25.5 Å². The minimum Gasteiger partial charge on any atom is -0.394 e. The Morgan fingerprint density at radius 3 is 2.38 bits per heavy atom. The standard InChI is InChI=1S/C31H32ClN3O5/c1-30-14-8-16-33(2)27(37)24(30)25-28(38)35(21(19-36)18-20-10-4-3-5-11-20)26-29(39)34(17-9-15-31(25,26)40-30)23-13-7-6-12-22(23)32/h3-15,21,24-26,36H,16-19H2,1-2H3/t21-,24+,25+,26?,30-,31+/m1/s1. The highest BCUT2D eigenvalue weighted by molar-refractivity contribution is 6.34. The van der Waals surface area contributed by atoms with Gasteiger partial charge in [-0.25, -0.2) is 0 Å². The first kappa shape index (κ1) is 26.7. The number of rotatable bonds is 5. The van der Waals surface area contributed by atoms with Crippen LogP contribution in [0, 0.1) is 11.8 Å². The monoisotopic (exact) mass is 561 g/mol.